The second kappa shape index (κ2) is 8.86. The highest BCUT2D eigenvalue weighted by Crippen LogP contribution is 2.24. The molecular formula is C19H20BrF2N3O3S. The Morgan fingerprint density at radius 3 is 2.31 bits per heavy atom. The molecule has 10 heteroatoms. The van der Waals surface area contributed by atoms with Crippen LogP contribution >= 0.6 is 15.9 Å². The summed E-state index contributed by atoms with van der Waals surface area (Å²) in [6.07, 6.45) is 0. The zero-order valence-electron chi connectivity index (χ0n) is 15.7. The number of rotatable bonds is 5. The van der Waals surface area contributed by atoms with Gasteiger partial charge >= 0.3 is 0 Å². The average molecular weight is 488 g/mol. The maximum atomic E-state index is 13.9. The highest BCUT2D eigenvalue weighted by Gasteiger charge is 2.33. The van der Waals surface area contributed by atoms with E-state index in [-0.39, 0.29) is 38.6 Å². The van der Waals surface area contributed by atoms with E-state index < -0.39 is 26.6 Å². The lowest BCUT2D eigenvalue weighted by Crippen LogP contribution is -2.50. The summed E-state index contributed by atoms with van der Waals surface area (Å²) in [5.41, 5.74) is 1.66. The number of halogens is 3. The van der Waals surface area contributed by atoms with E-state index in [0.717, 1.165) is 32.5 Å². The first kappa shape index (κ1) is 21.8. The fourth-order valence-electron chi connectivity index (χ4n) is 3.11. The molecule has 0 saturated carbocycles. The van der Waals surface area contributed by atoms with Crippen molar-refractivity contribution in [3.63, 3.8) is 0 Å². The number of amides is 1. The van der Waals surface area contributed by atoms with Gasteiger partial charge in [-0.25, -0.2) is 17.2 Å². The van der Waals surface area contributed by atoms with Crippen molar-refractivity contribution in [3.8, 4) is 0 Å². The zero-order chi connectivity index (χ0) is 21.2. The van der Waals surface area contributed by atoms with E-state index in [1.54, 1.807) is 11.0 Å². The Hall–Kier alpha value is -1.88. The molecule has 1 aliphatic rings. The smallest absolute Gasteiger partial charge is 0.249 e. The fraction of sp³-hybridized carbons (Fsp3) is 0.316. The summed E-state index contributed by atoms with van der Waals surface area (Å²) < 4.78 is 55.0. The van der Waals surface area contributed by atoms with Crippen LogP contribution in [0.15, 0.2) is 45.8 Å². The van der Waals surface area contributed by atoms with Crippen molar-refractivity contribution < 1.29 is 22.0 Å². The lowest BCUT2D eigenvalue weighted by molar-refractivity contribution is -0.117. The third kappa shape index (κ3) is 5.00. The highest BCUT2D eigenvalue weighted by atomic mass is 79.9. The van der Waals surface area contributed by atoms with Gasteiger partial charge in [-0.15, -0.1) is 0 Å². The van der Waals surface area contributed by atoms with E-state index in [4.69, 9.17) is 0 Å². The van der Waals surface area contributed by atoms with E-state index >= 15 is 0 Å². The van der Waals surface area contributed by atoms with Crippen molar-refractivity contribution in [3.05, 3.63) is 58.1 Å². The first-order chi connectivity index (χ1) is 13.7. The minimum Gasteiger partial charge on any atom is -0.325 e. The van der Waals surface area contributed by atoms with Crippen LogP contribution in [-0.4, -0.2) is 56.3 Å². The Balaban J connectivity index is 1.59. The number of hydrogen-bond acceptors (Lipinski definition) is 4. The largest absolute Gasteiger partial charge is 0.325 e. The maximum absolute atomic E-state index is 13.9. The molecule has 1 heterocycles. The molecule has 0 aromatic heterocycles. The van der Waals surface area contributed by atoms with Gasteiger partial charge in [0.2, 0.25) is 15.9 Å². The first-order valence-corrected chi connectivity index (χ1v) is 11.1. The van der Waals surface area contributed by atoms with Gasteiger partial charge in [0.15, 0.2) is 4.90 Å². The number of benzene rings is 2. The van der Waals surface area contributed by atoms with Crippen LogP contribution in [0.2, 0.25) is 0 Å². The van der Waals surface area contributed by atoms with Crippen molar-refractivity contribution in [1.29, 1.82) is 0 Å². The number of piperazine rings is 1. The van der Waals surface area contributed by atoms with Crippen molar-refractivity contribution in [2.24, 2.45) is 0 Å². The molecule has 1 fully saturated rings. The Labute approximate surface area is 176 Å². The molecule has 0 radical (unpaired) electrons. The number of nitrogens with one attached hydrogen (secondary N) is 1. The van der Waals surface area contributed by atoms with Crippen molar-refractivity contribution in [1.82, 2.24) is 9.21 Å². The molecular weight excluding hydrogens is 468 g/mol. The lowest BCUT2D eigenvalue weighted by Gasteiger charge is -2.33. The number of anilines is 1. The second-order valence-electron chi connectivity index (χ2n) is 6.74. The molecule has 0 bridgehead atoms. The molecule has 3 rings (SSSR count). The number of hydrogen-bond donors (Lipinski definition) is 1. The number of aryl methyl sites for hydroxylation is 1. The standard InChI is InChI=1S/C19H20BrF2N3O3S/c1-13-11-14(5-6-15(13)20)23-18(26)12-24-7-9-25(10-8-24)29(27,28)19-16(21)3-2-4-17(19)22/h2-6,11H,7-10,12H2,1H3,(H,23,26). The molecule has 0 spiro atoms. The summed E-state index contributed by atoms with van der Waals surface area (Å²) in [6.45, 7) is 2.65. The molecule has 29 heavy (non-hydrogen) atoms. The van der Waals surface area contributed by atoms with Crippen LogP contribution in [-0.2, 0) is 14.8 Å². The quantitative estimate of drug-likeness (QED) is 0.703. The van der Waals surface area contributed by atoms with Crippen molar-refractivity contribution in [2.75, 3.05) is 38.0 Å². The number of nitrogens with zero attached hydrogens (tertiary/aromatic N) is 2. The van der Waals surface area contributed by atoms with Crippen LogP contribution in [0.1, 0.15) is 5.56 Å². The number of carbonyl (C=O) groups is 1. The van der Waals surface area contributed by atoms with E-state index in [1.165, 1.54) is 0 Å². The normalized spacial score (nSPS) is 16.0. The van der Waals surface area contributed by atoms with Gasteiger partial charge in [-0.05, 0) is 42.8 Å². The summed E-state index contributed by atoms with van der Waals surface area (Å²) >= 11 is 3.40. The molecule has 1 aliphatic heterocycles. The van der Waals surface area contributed by atoms with Crippen molar-refractivity contribution in [2.45, 2.75) is 11.8 Å². The van der Waals surface area contributed by atoms with Crippen LogP contribution in [0.3, 0.4) is 0 Å². The third-order valence-corrected chi connectivity index (χ3v) is 7.50. The summed E-state index contributed by atoms with van der Waals surface area (Å²) in [5.74, 6) is -2.45. The first-order valence-electron chi connectivity index (χ1n) is 8.91. The Bertz CT molecular complexity index is 1010. The monoisotopic (exact) mass is 487 g/mol. The molecule has 1 saturated heterocycles. The molecule has 0 atom stereocenters. The van der Waals surface area contributed by atoms with Gasteiger partial charge in [0.1, 0.15) is 11.6 Å². The minimum absolute atomic E-state index is 0.0424. The van der Waals surface area contributed by atoms with Gasteiger partial charge in [0, 0.05) is 36.3 Å². The number of carbonyl (C=O) groups excluding carboxylic acids is 1. The SMILES string of the molecule is Cc1cc(NC(=O)CN2CCN(S(=O)(=O)c3c(F)cccc3F)CC2)ccc1Br. The molecule has 156 valence electrons. The van der Waals surface area contributed by atoms with Gasteiger partial charge < -0.3 is 5.32 Å². The van der Waals surface area contributed by atoms with E-state index in [0.29, 0.717) is 5.69 Å². The lowest BCUT2D eigenvalue weighted by atomic mass is 10.2. The Morgan fingerprint density at radius 1 is 1.10 bits per heavy atom. The highest BCUT2D eigenvalue weighted by molar-refractivity contribution is 9.10. The molecule has 6 nitrogen and oxygen atoms in total. The number of sulfonamides is 1. The summed E-state index contributed by atoms with van der Waals surface area (Å²) in [5, 5.41) is 2.81. The van der Waals surface area contributed by atoms with Gasteiger partial charge in [0.05, 0.1) is 6.54 Å². The van der Waals surface area contributed by atoms with E-state index in [1.807, 2.05) is 19.1 Å². The Kier molecular flexibility index (Phi) is 6.67. The van der Waals surface area contributed by atoms with Crippen LogP contribution in [0, 0.1) is 18.6 Å². The summed E-state index contributed by atoms with van der Waals surface area (Å²) in [4.78, 5) is 13.1. The molecule has 1 amide bonds. The third-order valence-electron chi connectivity index (χ3n) is 4.66. The average Bonchev–Trinajstić information content (AvgIpc) is 2.65. The van der Waals surface area contributed by atoms with Gasteiger partial charge in [-0.2, -0.15) is 4.31 Å². The van der Waals surface area contributed by atoms with Gasteiger partial charge in [0.25, 0.3) is 0 Å². The molecule has 0 unspecified atom stereocenters. The van der Waals surface area contributed by atoms with Crippen LogP contribution in [0.5, 0.6) is 0 Å². The maximum Gasteiger partial charge on any atom is 0.249 e. The summed E-state index contributed by atoms with van der Waals surface area (Å²) in [6, 6.07) is 8.42. The predicted molar refractivity (Wildman–Crippen MR) is 109 cm³/mol. The second-order valence-corrected chi connectivity index (χ2v) is 9.47. The van der Waals surface area contributed by atoms with Gasteiger partial charge in [-0.3, -0.25) is 9.69 Å². The van der Waals surface area contributed by atoms with E-state index in [9.17, 15) is 22.0 Å². The molecule has 0 aliphatic carbocycles. The van der Waals surface area contributed by atoms with Crippen LogP contribution in [0.4, 0.5) is 14.5 Å². The zero-order valence-corrected chi connectivity index (χ0v) is 18.1. The van der Waals surface area contributed by atoms with E-state index in [2.05, 4.69) is 21.2 Å². The fourth-order valence-corrected chi connectivity index (χ4v) is 4.89. The Morgan fingerprint density at radius 2 is 1.72 bits per heavy atom. The van der Waals surface area contributed by atoms with Crippen LogP contribution < -0.4 is 5.32 Å². The topological polar surface area (TPSA) is 69.7 Å². The predicted octanol–water partition coefficient (Wildman–Crippen LogP) is 2.98. The molecule has 2 aromatic rings. The summed E-state index contributed by atoms with van der Waals surface area (Å²) in [7, 11) is -4.28. The van der Waals surface area contributed by atoms with Crippen molar-refractivity contribution >= 4 is 37.5 Å². The van der Waals surface area contributed by atoms with Gasteiger partial charge in [-0.1, -0.05) is 22.0 Å². The molecule has 2 aromatic carbocycles. The minimum atomic E-state index is -4.28. The molecule has 1 N–H and O–H groups in total. The van der Waals surface area contributed by atoms with Crippen LogP contribution in [0.25, 0.3) is 0 Å².